The van der Waals surface area contributed by atoms with Gasteiger partial charge in [-0.1, -0.05) is 11.6 Å². The largest absolute Gasteiger partial charge is 0.484 e. The summed E-state index contributed by atoms with van der Waals surface area (Å²) in [5.74, 6) is -0.383. The number of amides is 1. The first-order chi connectivity index (χ1) is 11.0. The van der Waals surface area contributed by atoms with Crippen molar-refractivity contribution in [2.45, 2.75) is 25.4 Å². The van der Waals surface area contributed by atoms with Gasteiger partial charge in [-0.15, -0.1) is 0 Å². The second kappa shape index (κ2) is 9.05. The molecule has 0 atom stereocenters. The lowest BCUT2D eigenvalue weighted by atomic mass is 10.1. The number of nitrogens with one attached hydrogen (secondary N) is 1. The molecule has 0 aliphatic carbocycles. The lowest BCUT2D eigenvalue weighted by Gasteiger charge is -2.29. The molecule has 5 nitrogen and oxygen atoms in total. The summed E-state index contributed by atoms with van der Waals surface area (Å²) in [5, 5.41) is 12.2. The van der Waals surface area contributed by atoms with Crippen LogP contribution in [0.3, 0.4) is 0 Å². The lowest BCUT2D eigenvalue weighted by Crippen LogP contribution is -2.38. The predicted octanol–water partition coefficient (Wildman–Crippen LogP) is 1.82. The van der Waals surface area contributed by atoms with Crippen LogP contribution in [0.25, 0.3) is 0 Å². The van der Waals surface area contributed by atoms with Crippen molar-refractivity contribution in [3.05, 3.63) is 29.0 Å². The first-order valence-corrected chi connectivity index (χ1v) is 8.17. The number of nitrogens with zero attached hydrogens (tertiary/aromatic N) is 1. The second-order valence-electron chi connectivity index (χ2n) is 5.64. The summed E-state index contributed by atoms with van der Waals surface area (Å²) in [7, 11) is 0. The van der Waals surface area contributed by atoms with E-state index in [9.17, 15) is 14.3 Å². The molecular formula is C16H22ClFN2O3. The Morgan fingerprint density at radius 1 is 1.43 bits per heavy atom. The van der Waals surface area contributed by atoms with E-state index < -0.39 is 5.82 Å². The molecule has 0 radical (unpaired) electrons. The zero-order chi connectivity index (χ0) is 16.7. The maximum Gasteiger partial charge on any atom is 0.257 e. The predicted molar refractivity (Wildman–Crippen MR) is 86.2 cm³/mol. The van der Waals surface area contributed by atoms with Crippen LogP contribution in [0.1, 0.15) is 19.3 Å². The Balaban J connectivity index is 1.57. The third kappa shape index (κ3) is 6.33. The molecule has 23 heavy (non-hydrogen) atoms. The van der Waals surface area contributed by atoms with Gasteiger partial charge in [-0.2, -0.15) is 0 Å². The summed E-state index contributed by atoms with van der Waals surface area (Å²) in [5.41, 5.74) is 0. The highest BCUT2D eigenvalue weighted by Crippen LogP contribution is 2.20. The van der Waals surface area contributed by atoms with Crippen molar-refractivity contribution in [2.75, 3.05) is 32.8 Å². The van der Waals surface area contributed by atoms with Gasteiger partial charge >= 0.3 is 0 Å². The van der Waals surface area contributed by atoms with Gasteiger partial charge in [-0.3, -0.25) is 4.79 Å². The molecule has 2 rings (SSSR count). The van der Waals surface area contributed by atoms with Crippen LogP contribution < -0.4 is 10.1 Å². The van der Waals surface area contributed by atoms with Crippen LogP contribution in [0.4, 0.5) is 4.39 Å². The van der Waals surface area contributed by atoms with E-state index in [0.717, 1.165) is 38.9 Å². The van der Waals surface area contributed by atoms with Crippen LogP contribution in [-0.4, -0.2) is 54.8 Å². The van der Waals surface area contributed by atoms with E-state index >= 15 is 0 Å². The van der Waals surface area contributed by atoms with E-state index in [1.54, 1.807) is 0 Å². The zero-order valence-electron chi connectivity index (χ0n) is 12.9. The van der Waals surface area contributed by atoms with Gasteiger partial charge in [-0.25, -0.2) is 4.39 Å². The van der Waals surface area contributed by atoms with E-state index in [0.29, 0.717) is 12.3 Å². The quantitative estimate of drug-likeness (QED) is 0.741. The van der Waals surface area contributed by atoms with Crippen molar-refractivity contribution in [1.29, 1.82) is 0 Å². The molecule has 0 spiro atoms. The molecule has 0 aromatic heterocycles. The van der Waals surface area contributed by atoms with Crippen LogP contribution in [0, 0.1) is 5.82 Å². The number of piperidine rings is 1. The van der Waals surface area contributed by atoms with E-state index in [1.165, 1.54) is 18.2 Å². The summed E-state index contributed by atoms with van der Waals surface area (Å²) < 4.78 is 18.3. The number of rotatable bonds is 7. The summed E-state index contributed by atoms with van der Waals surface area (Å²) in [6.45, 7) is 3.16. The lowest BCUT2D eigenvalue weighted by molar-refractivity contribution is -0.123. The van der Waals surface area contributed by atoms with Gasteiger partial charge in [0.05, 0.1) is 11.1 Å². The third-order valence-electron chi connectivity index (χ3n) is 3.79. The van der Waals surface area contributed by atoms with Crippen LogP contribution in [-0.2, 0) is 4.79 Å². The number of halogens is 2. The maximum atomic E-state index is 13.0. The fourth-order valence-electron chi connectivity index (χ4n) is 2.44. The molecule has 1 fully saturated rings. The Hall–Kier alpha value is -1.37. The van der Waals surface area contributed by atoms with Gasteiger partial charge in [-0.05, 0) is 37.9 Å². The maximum absolute atomic E-state index is 13.0. The second-order valence-corrected chi connectivity index (χ2v) is 6.05. The van der Waals surface area contributed by atoms with Gasteiger partial charge in [0.25, 0.3) is 5.91 Å². The van der Waals surface area contributed by atoms with Gasteiger partial charge in [0.15, 0.2) is 6.61 Å². The third-order valence-corrected chi connectivity index (χ3v) is 4.08. The van der Waals surface area contributed by atoms with Crippen molar-refractivity contribution in [2.24, 2.45) is 0 Å². The van der Waals surface area contributed by atoms with E-state index in [-0.39, 0.29) is 23.6 Å². The Labute approximate surface area is 140 Å². The Kier molecular flexibility index (Phi) is 7.08. The van der Waals surface area contributed by atoms with Gasteiger partial charge in [0.2, 0.25) is 0 Å². The minimum Gasteiger partial charge on any atom is -0.484 e. The molecule has 1 aromatic carbocycles. The molecule has 128 valence electrons. The number of aliphatic hydroxyl groups excluding tert-OH is 1. The SMILES string of the molecule is O=C(COc1ccc(F)c(Cl)c1)NCCCN1CCC(O)CC1. The normalized spacial score (nSPS) is 16.3. The van der Waals surface area contributed by atoms with Crippen molar-refractivity contribution in [3.63, 3.8) is 0 Å². The molecule has 1 aromatic rings. The van der Waals surface area contributed by atoms with Crippen molar-refractivity contribution >= 4 is 17.5 Å². The number of hydrogen-bond acceptors (Lipinski definition) is 4. The average Bonchev–Trinajstić information content (AvgIpc) is 2.54. The van der Waals surface area contributed by atoms with Crippen molar-refractivity contribution < 1.29 is 19.0 Å². The highest BCUT2D eigenvalue weighted by atomic mass is 35.5. The molecule has 1 saturated heterocycles. The Morgan fingerprint density at radius 2 is 2.17 bits per heavy atom. The molecule has 1 heterocycles. The smallest absolute Gasteiger partial charge is 0.257 e. The molecule has 2 N–H and O–H groups in total. The van der Waals surface area contributed by atoms with E-state index in [2.05, 4.69) is 10.2 Å². The van der Waals surface area contributed by atoms with Gasteiger partial charge in [0.1, 0.15) is 11.6 Å². The highest BCUT2D eigenvalue weighted by molar-refractivity contribution is 6.30. The van der Waals surface area contributed by atoms with Crippen LogP contribution >= 0.6 is 11.6 Å². The monoisotopic (exact) mass is 344 g/mol. The molecule has 0 saturated carbocycles. The number of carbonyl (C=O) groups is 1. The number of ether oxygens (including phenoxy) is 1. The van der Waals surface area contributed by atoms with Crippen LogP contribution in [0.15, 0.2) is 18.2 Å². The minimum absolute atomic E-state index is 0.0328. The summed E-state index contributed by atoms with van der Waals surface area (Å²) in [6, 6.07) is 3.97. The number of hydrogen-bond donors (Lipinski definition) is 2. The topological polar surface area (TPSA) is 61.8 Å². The number of carbonyl (C=O) groups excluding carboxylic acids is 1. The average molecular weight is 345 g/mol. The van der Waals surface area contributed by atoms with Gasteiger partial charge in [0, 0.05) is 25.7 Å². The standard InChI is InChI=1S/C16H22ClFN2O3/c17-14-10-13(2-3-15(14)18)23-11-16(22)19-6-1-7-20-8-4-12(21)5-9-20/h2-3,10,12,21H,1,4-9,11H2,(H,19,22). The first-order valence-electron chi connectivity index (χ1n) is 7.79. The van der Waals surface area contributed by atoms with Crippen LogP contribution in [0.5, 0.6) is 5.75 Å². The van der Waals surface area contributed by atoms with E-state index in [4.69, 9.17) is 16.3 Å². The molecule has 0 unspecified atom stereocenters. The van der Waals surface area contributed by atoms with Crippen LogP contribution in [0.2, 0.25) is 5.02 Å². The first kappa shape index (κ1) is 18.0. The zero-order valence-corrected chi connectivity index (χ0v) is 13.7. The molecule has 1 amide bonds. The number of likely N-dealkylation sites (tertiary alicyclic amines) is 1. The summed E-state index contributed by atoms with van der Waals surface area (Å²) in [6.07, 6.45) is 2.33. The van der Waals surface area contributed by atoms with Crippen molar-refractivity contribution in [1.82, 2.24) is 10.2 Å². The molecular weight excluding hydrogens is 323 g/mol. The number of benzene rings is 1. The fraction of sp³-hybridized carbons (Fsp3) is 0.562. The number of aliphatic hydroxyl groups is 1. The van der Waals surface area contributed by atoms with E-state index in [1.807, 2.05) is 0 Å². The molecule has 7 heteroatoms. The fourth-order valence-corrected chi connectivity index (χ4v) is 2.61. The molecule has 1 aliphatic heterocycles. The van der Waals surface area contributed by atoms with Gasteiger partial charge < -0.3 is 20.1 Å². The Morgan fingerprint density at radius 3 is 2.87 bits per heavy atom. The Bertz CT molecular complexity index is 522. The minimum atomic E-state index is -0.520. The highest BCUT2D eigenvalue weighted by Gasteiger charge is 2.16. The van der Waals surface area contributed by atoms with Crippen molar-refractivity contribution in [3.8, 4) is 5.75 Å². The summed E-state index contributed by atoms with van der Waals surface area (Å²) >= 11 is 5.64. The molecule has 0 bridgehead atoms. The summed E-state index contributed by atoms with van der Waals surface area (Å²) in [4.78, 5) is 14.0. The molecule has 1 aliphatic rings.